The first-order chi connectivity index (χ1) is 11.6. The highest BCUT2D eigenvalue weighted by Crippen LogP contribution is 2.22. The van der Waals surface area contributed by atoms with Crippen LogP contribution in [0.5, 0.6) is 0 Å². The second-order valence-electron chi connectivity index (χ2n) is 5.45. The Balaban J connectivity index is 2.25. The van der Waals surface area contributed by atoms with Crippen LogP contribution in [0.4, 0.5) is 11.5 Å². The molecule has 24 heavy (non-hydrogen) atoms. The van der Waals surface area contributed by atoms with E-state index in [0.717, 1.165) is 24.3 Å². The molecule has 1 heterocycles. The smallest absolute Gasteiger partial charge is 0.259 e. The third-order valence-electron chi connectivity index (χ3n) is 3.81. The SMILES string of the molecule is CCN(CC)c1ccc(/C(C(=O)Nc2ccccn2)=C(\C)N)cc1. The number of nitrogens with zero attached hydrogens (tertiary/aromatic N) is 2. The molecule has 1 aromatic heterocycles. The Bertz CT molecular complexity index is 700. The summed E-state index contributed by atoms with van der Waals surface area (Å²) in [6.07, 6.45) is 1.63. The molecule has 126 valence electrons. The standard InChI is InChI=1S/C19H24N4O/c1-4-23(5-2)16-11-9-15(10-12-16)18(14(3)20)19(24)22-17-8-6-7-13-21-17/h6-13H,4-5,20H2,1-3H3,(H,21,22,24)/b18-14-. The van der Waals surface area contributed by atoms with Gasteiger partial charge in [-0.05, 0) is 50.6 Å². The summed E-state index contributed by atoms with van der Waals surface area (Å²) in [5, 5.41) is 2.78. The predicted molar refractivity (Wildman–Crippen MR) is 99.7 cm³/mol. The summed E-state index contributed by atoms with van der Waals surface area (Å²) < 4.78 is 0. The van der Waals surface area contributed by atoms with Gasteiger partial charge in [-0.25, -0.2) is 4.98 Å². The van der Waals surface area contributed by atoms with Gasteiger partial charge >= 0.3 is 0 Å². The lowest BCUT2D eigenvalue weighted by molar-refractivity contribution is -0.111. The van der Waals surface area contributed by atoms with Crippen LogP contribution < -0.4 is 16.0 Å². The topological polar surface area (TPSA) is 71.2 Å². The van der Waals surface area contributed by atoms with E-state index >= 15 is 0 Å². The number of anilines is 2. The van der Waals surface area contributed by atoms with Gasteiger partial charge in [0.25, 0.3) is 5.91 Å². The Kier molecular flexibility index (Phi) is 5.95. The molecular formula is C19H24N4O. The Hall–Kier alpha value is -2.82. The van der Waals surface area contributed by atoms with E-state index in [0.29, 0.717) is 17.1 Å². The van der Waals surface area contributed by atoms with Crippen molar-refractivity contribution >= 4 is 23.0 Å². The van der Waals surface area contributed by atoms with Crippen molar-refractivity contribution in [3.63, 3.8) is 0 Å². The molecule has 0 atom stereocenters. The molecule has 0 aliphatic carbocycles. The predicted octanol–water partition coefficient (Wildman–Crippen LogP) is 3.26. The number of rotatable bonds is 6. The largest absolute Gasteiger partial charge is 0.402 e. The van der Waals surface area contributed by atoms with Gasteiger partial charge in [-0.1, -0.05) is 18.2 Å². The molecule has 0 fully saturated rings. The summed E-state index contributed by atoms with van der Waals surface area (Å²) in [5.41, 5.74) is 8.82. The number of nitrogens with one attached hydrogen (secondary N) is 1. The van der Waals surface area contributed by atoms with E-state index in [4.69, 9.17) is 5.73 Å². The third kappa shape index (κ3) is 4.13. The molecule has 1 amide bonds. The van der Waals surface area contributed by atoms with Crippen LogP contribution in [0.25, 0.3) is 5.57 Å². The number of carbonyl (C=O) groups is 1. The molecule has 0 aliphatic rings. The third-order valence-corrected chi connectivity index (χ3v) is 3.81. The average Bonchev–Trinajstić information content (AvgIpc) is 2.58. The van der Waals surface area contributed by atoms with Gasteiger partial charge in [0.2, 0.25) is 0 Å². The first-order valence-corrected chi connectivity index (χ1v) is 8.10. The second-order valence-corrected chi connectivity index (χ2v) is 5.45. The summed E-state index contributed by atoms with van der Waals surface area (Å²) in [5.74, 6) is 0.241. The van der Waals surface area contributed by atoms with Crippen LogP contribution in [0, 0.1) is 0 Å². The van der Waals surface area contributed by atoms with Crippen LogP contribution in [0.1, 0.15) is 26.3 Å². The van der Waals surface area contributed by atoms with E-state index in [2.05, 4.69) is 29.0 Å². The Morgan fingerprint density at radius 3 is 2.29 bits per heavy atom. The lowest BCUT2D eigenvalue weighted by Crippen LogP contribution is -2.22. The van der Waals surface area contributed by atoms with Crippen molar-refractivity contribution in [2.24, 2.45) is 5.73 Å². The van der Waals surface area contributed by atoms with Crippen molar-refractivity contribution in [3.05, 3.63) is 59.9 Å². The molecule has 1 aromatic carbocycles. The molecule has 3 N–H and O–H groups in total. The fourth-order valence-electron chi connectivity index (χ4n) is 2.58. The Morgan fingerprint density at radius 1 is 1.12 bits per heavy atom. The van der Waals surface area contributed by atoms with E-state index in [9.17, 15) is 4.79 Å². The van der Waals surface area contributed by atoms with E-state index in [-0.39, 0.29) is 5.91 Å². The van der Waals surface area contributed by atoms with Gasteiger partial charge in [-0.15, -0.1) is 0 Å². The number of pyridine rings is 1. The summed E-state index contributed by atoms with van der Waals surface area (Å²) in [6.45, 7) is 7.84. The van der Waals surface area contributed by atoms with Crippen molar-refractivity contribution in [2.75, 3.05) is 23.3 Å². The van der Waals surface area contributed by atoms with Gasteiger partial charge < -0.3 is 16.0 Å². The fourth-order valence-corrected chi connectivity index (χ4v) is 2.58. The zero-order valence-electron chi connectivity index (χ0n) is 14.4. The van der Waals surface area contributed by atoms with Gasteiger partial charge in [0, 0.05) is 30.7 Å². The number of benzene rings is 1. The summed E-state index contributed by atoms with van der Waals surface area (Å²) in [4.78, 5) is 18.9. The monoisotopic (exact) mass is 324 g/mol. The molecule has 2 aromatic rings. The number of carbonyl (C=O) groups excluding carboxylic acids is 1. The van der Waals surface area contributed by atoms with Crippen LogP contribution in [-0.2, 0) is 4.79 Å². The number of nitrogens with two attached hydrogens (primary N) is 1. The minimum absolute atomic E-state index is 0.260. The van der Waals surface area contributed by atoms with Gasteiger partial charge in [-0.2, -0.15) is 0 Å². The quantitative estimate of drug-likeness (QED) is 0.800. The molecule has 0 aliphatic heterocycles. The van der Waals surface area contributed by atoms with Gasteiger partial charge in [0.1, 0.15) is 5.82 Å². The van der Waals surface area contributed by atoms with Crippen LogP contribution in [0.15, 0.2) is 54.4 Å². The fraction of sp³-hybridized carbons (Fsp3) is 0.263. The van der Waals surface area contributed by atoms with Gasteiger partial charge in [-0.3, -0.25) is 4.79 Å². The minimum atomic E-state index is -0.260. The molecule has 0 bridgehead atoms. The van der Waals surface area contributed by atoms with Crippen molar-refractivity contribution in [2.45, 2.75) is 20.8 Å². The van der Waals surface area contributed by atoms with Crippen LogP contribution in [0.2, 0.25) is 0 Å². The molecule has 2 rings (SSSR count). The number of aromatic nitrogens is 1. The van der Waals surface area contributed by atoms with Crippen molar-refractivity contribution in [1.82, 2.24) is 4.98 Å². The lowest BCUT2D eigenvalue weighted by Gasteiger charge is -2.21. The van der Waals surface area contributed by atoms with E-state index in [1.807, 2.05) is 30.3 Å². The van der Waals surface area contributed by atoms with E-state index in [1.165, 1.54) is 0 Å². The van der Waals surface area contributed by atoms with E-state index in [1.54, 1.807) is 25.3 Å². The minimum Gasteiger partial charge on any atom is -0.402 e. The summed E-state index contributed by atoms with van der Waals surface area (Å²) in [6, 6.07) is 13.2. The average molecular weight is 324 g/mol. The molecule has 0 spiro atoms. The molecular weight excluding hydrogens is 300 g/mol. The molecule has 0 radical (unpaired) electrons. The van der Waals surface area contributed by atoms with Gasteiger partial charge in [0.05, 0.1) is 5.57 Å². The number of amides is 1. The van der Waals surface area contributed by atoms with Crippen LogP contribution in [-0.4, -0.2) is 24.0 Å². The van der Waals surface area contributed by atoms with Crippen LogP contribution >= 0.6 is 0 Å². The van der Waals surface area contributed by atoms with E-state index < -0.39 is 0 Å². The van der Waals surface area contributed by atoms with Crippen molar-refractivity contribution < 1.29 is 4.79 Å². The maximum atomic E-state index is 12.6. The number of hydrogen-bond acceptors (Lipinski definition) is 4. The molecule has 0 unspecified atom stereocenters. The lowest BCUT2D eigenvalue weighted by atomic mass is 10.0. The van der Waals surface area contributed by atoms with Crippen LogP contribution in [0.3, 0.4) is 0 Å². The highest BCUT2D eigenvalue weighted by atomic mass is 16.1. The second kappa shape index (κ2) is 8.15. The molecule has 5 nitrogen and oxygen atoms in total. The molecule has 5 heteroatoms. The van der Waals surface area contributed by atoms with Gasteiger partial charge in [0.15, 0.2) is 0 Å². The molecule has 0 saturated heterocycles. The summed E-state index contributed by atoms with van der Waals surface area (Å²) in [7, 11) is 0. The maximum absolute atomic E-state index is 12.6. The maximum Gasteiger partial charge on any atom is 0.259 e. The van der Waals surface area contributed by atoms with Crippen molar-refractivity contribution in [3.8, 4) is 0 Å². The highest BCUT2D eigenvalue weighted by Gasteiger charge is 2.15. The summed E-state index contributed by atoms with van der Waals surface area (Å²) >= 11 is 0. The first-order valence-electron chi connectivity index (χ1n) is 8.10. The Morgan fingerprint density at radius 2 is 1.79 bits per heavy atom. The number of hydrogen-bond donors (Lipinski definition) is 2. The number of allylic oxidation sites excluding steroid dienone is 1. The molecule has 0 saturated carbocycles. The Labute approximate surface area is 143 Å². The zero-order valence-corrected chi connectivity index (χ0v) is 14.4. The first kappa shape index (κ1) is 17.5. The highest BCUT2D eigenvalue weighted by molar-refractivity contribution is 6.25. The normalized spacial score (nSPS) is 11.6. The van der Waals surface area contributed by atoms with Crippen molar-refractivity contribution in [1.29, 1.82) is 0 Å². The zero-order chi connectivity index (χ0) is 17.5.